The summed E-state index contributed by atoms with van der Waals surface area (Å²) in [6, 6.07) is 0.650. The van der Waals surface area contributed by atoms with Crippen molar-refractivity contribution in [2.24, 2.45) is 5.73 Å². The molecule has 0 heterocycles. The van der Waals surface area contributed by atoms with Crippen molar-refractivity contribution in [2.45, 2.75) is 18.1 Å². The van der Waals surface area contributed by atoms with Gasteiger partial charge in [0.2, 0.25) is 10.0 Å². The lowest BCUT2D eigenvalue weighted by molar-refractivity contribution is -0.143. The highest BCUT2D eigenvalue weighted by Crippen LogP contribution is 2.36. The fourth-order valence-corrected chi connectivity index (χ4v) is 3.16. The van der Waals surface area contributed by atoms with Gasteiger partial charge in [0.1, 0.15) is 0 Å². The van der Waals surface area contributed by atoms with Gasteiger partial charge in [-0.05, 0) is 23.8 Å². The predicted molar refractivity (Wildman–Crippen MR) is 78.5 cm³/mol. The van der Waals surface area contributed by atoms with E-state index in [0.29, 0.717) is 16.4 Å². The molecule has 1 rings (SSSR count). The molecule has 0 bridgehead atoms. The monoisotopic (exact) mass is 394 g/mol. The quantitative estimate of drug-likeness (QED) is 0.616. The van der Waals surface area contributed by atoms with Gasteiger partial charge in [-0.2, -0.15) is 30.6 Å². The van der Waals surface area contributed by atoms with Crippen molar-refractivity contribution >= 4 is 27.2 Å². The number of likely N-dealkylation sites (N-methyl/N-ethyl adjacent to an activating group) is 1. The summed E-state index contributed by atoms with van der Waals surface area (Å²) in [5.41, 5.74) is 1.36. The van der Waals surface area contributed by atoms with Gasteiger partial charge in [-0.15, -0.1) is 0 Å². The Bertz CT molecular complexity index is 696. The van der Waals surface area contributed by atoms with Crippen LogP contribution in [-0.2, 0) is 28.1 Å². The summed E-state index contributed by atoms with van der Waals surface area (Å²) in [7, 11) is -3.14. The minimum atomic E-state index is -5.05. The molecule has 0 saturated carbocycles. The van der Waals surface area contributed by atoms with Gasteiger partial charge in [0.25, 0.3) is 0 Å². The molecule has 1 aromatic rings. The zero-order valence-electron chi connectivity index (χ0n) is 12.1. The number of alkyl halides is 6. The smallest absolute Gasteiger partial charge is 0.392 e. The molecule has 0 fully saturated rings. The number of thiocarbonyl (C=S) groups is 1. The van der Waals surface area contributed by atoms with Crippen LogP contribution in [-0.4, -0.2) is 31.3 Å². The summed E-state index contributed by atoms with van der Waals surface area (Å²) < 4.78 is 101. The van der Waals surface area contributed by atoms with Crippen molar-refractivity contribution < 1.29 is 34.8 Å². The van der Waals surface area contributed by atoms with Crippen LogP contribution in [0.3, 0.4) is 0 Å². The highest BCUT2D eigenvalue weighted by atomic mass is 32.2. The van der Waals surface area contributed by atoms with Crippen molar-refractivity contribution in [3.8, 4) is 0 Å². The van der Waals surface area contributed by atoms with E-state index < -0.39 is 44.8 Å². The first-order chi connectivity index (χ1) is 10.6. The Morgan fingerprint density at radius 3 is 1.83 bits per heavy atom. The predicted octanol–water partition coefficient (Wildman–Crippen LogP) is 2.77. The first kappa shape index (κ1) is 20.6. The summed E-state index contributed by atoms with van der Waals surface area (Å²) in [6.07, 6.45) is -10.1. The second kappa shape index (κ2) is 6.84. The van der Waals surface area contributed by atoms with Crippen LogP contribution >= 0.6 is 12.2 Å². The van der Waals surface area contributed by atoms with Gasteiger partial charge in [0.15, 0.2) is 0 Å². The number of hydrogen-bond donors (Lipinski definition) is 1. The number of halogens is 6. The normalized spacial score (nSPS) is 13.3. The molecule has 2 N–H and O–H groups in total. The van der Waals surface area contributed by atoms with E-state index >= 15 is 0 Å². The average molecular weight is 394 g/mol. The zero-order valence-corrected chi connectivity index (χ0v) is 13.7. The summed E-state index contributed by atoms with van der Waals surface area (Å²) in [4.78, 5) is -0.193. The van der Waals surface area contributed by atoms with E-state index in [1.54, 1.807) is 0 Å². The molecule has 0 aromatic heterocycles. The second-order valence-electron chi connectivity index (χ2n) is 4.89. The van der Waals surface area contributed by atoms with Gasteiger partial charge in [0, 0.05) is 7.05 Å². The molecule has 0 saturated heterocycles. The van der Waals surface area contributed by atoms with Crippen LogP contribution in [0.5, 0.6) is 0 Å². The number of rotatable bonds is 5. The van der Waals surface area contributed by atoms with Gasteiger partial charge in [0.05, 0.1) is 28.4 Å². The third kappa shape index (κ3) is 5.60. The molecule has 12 heteroatoms. The molecule has 0 aliphatic rings. The molecular formula is C12H12F6N2O2S2. The minimum absolute atomic E-state index is 0.0746. The van der Waals surface area contributed by atoms with Gasteiger partial charge in [-0.25, -0.2) is 8.42 Å². The van der Waals surface area contributed by atoms with Gasteiger partial charge in [-0.1, -0.05) is 12.2 Å². The lowest BCUT2D eigenvalue weighted by Gasteiger charge is -2.18. The van der Waals surface area contributed by atoms with Gasteiger partial charge in [-0.3, -0.25) is 0 Å². The third-order valence-electron chi connectivity index (χ3n) is 2.85. The number of benzene rings is 1. The first-order valence-corrected chi connectivity index (χ1v) is 8.15. The first-order valence-electron chi connectivity index (χ1n) is 6.13. The van der Waals surface area contributed by atoms with Crippen LogP contribution in [0.4, 0.5) is 26.3 Å². The SMILES string of the molecule is CN(CC(N)=S)S(=O)(=O)Cc1cc(C(F)(F)F)cc(C(F)(F)F)c1. The molecular weight excluding hydrogens is 382 g/mol. The summed E-state index contributed by atoms with van der Waals surface area (Å²) in [6.45, 7) is -0.386. The fourth-order valence-electron chi connectivity index (χ4n) is 1.74. The largest absolute Gasteiger partial charge is 0.416 e. The molecule has 0 atom stereocenters. The summed E-state index contributed by atoms with van der Waals surface area (Å²) >= 11 is 4.52. The van der Waals surface area contributed by atoms with Crippen molar-refractivity contribution in [3.05, 3.63) is 34.9 Å². The maximum absolute atomic E-state index is 12.7. The number of nitrogens with two attached hydrogens (primary N) is 1. The Morgan fingerprint density at radius 1 is 1.08 bits per heavy atom. The Hall–Kier alpha value is -1.40. The Labute approximate surface area is 139 Å². The molecule has 4 nitrogen and oxygen atoms in total. The van der Waals surface area contributed by atoms with Crippen LogP contribution in [0.15, 0.2) is 18.2 Å². The Kier molecular flexibility index (Phi) is 5.89. The van der Waals surface area contributed by atoms with Crippen molar-refractivity contribution in [2.75, 3.05) is 13.6 Å². The number of hydrogen-bond acceptors (Lipinski definition) is 3. The fraction of sp³-hybridized carbons (Fsp3) is 0.417. The topological polar surface area (TPSA) is 63.4 Å². The van der Waals surface area contributed by atoms with Crippen LogP contribution in [0, 0.1) is 0 Å². The van der Waals surface area contributed by atoms with Crippen molar-refractivity contribution in [1.29, 1.82) is 0 Å². The van der Waals surface area contributed by atoms with Gasteiger partial charge >= 0.3 is 12.4 Å². The standard InChI is InChI=1S/C12H12F6N2O2S2/c1-20(5-10(19)23)24(21,22)6-7-2-8(11(13,14)15)4-9(3-7)12(16,17)18/h2-4H,5-6H2,1H3,(H2,19,23). The molecule has 136 valence electrons. The molecule has 0 aliphatic heterocycles. The van der Waals surface area contributed by atoms with Crippen LogP contribution < -0.4 is 5.73 Å². The molecule has 0 amide bonds. The summed E-state index contributed by atoms with van der Waals surface area (Å²) in [5, 5.41) is 0. The van der Waals surface area contributed by atoms with Crippen LogP contribution in [0.25, 0.3) is 0 Å². The van der Waals surface area contributed by atoms with E-state index in [9.17, 15) is 34.8 Å². The van der Waals surface area contributed by atoms with Crippen molar-refractivity contribution in [1.82, 2.24) is 4.31 Å². The van der Waals surface area contributed by atoms with E-state index in [0.717, 1.165) is 7.05 Å². The maximum Gasteiger partial charge on any atom is 0.416 e. The number of nitrogens with zero attached hydrogens (tertiary/aromatic N) is 1. The molecule has 1 aromatic carbocycles. The van der Waals surface area contributed by atoms with Crippen LogP contribution in [0.1, 0.15) is 16.7 Å². The van der Waals surface area contributed by atoms with Gasteiger partial charge < -0.3 is 5.73 Å². The number of sulfonamides is 1. The van der Waals surface area contributed by atoms with E-state index in [1.807, 2.05) is 0 Å². The van der Waals surface area contributed by atoms with E-state index in [1.165, 1.54) is 0 Å². The second-order valence-corrected chi connectivity index (χ2v) is 7.49. The average Bonchev–Trinajstić information content (AvgIpc) is 2.34. The highest BCUT2D eigenvalue weighted by molar-refractivity contribution is 7.88. The zero-order chi connectivity index (χ0) is 18.9. The van der Waals surface area contributed by atoms with Crippen LogP contribution in [0.2, 0.25) is 0 Å². The van der Waals surface area contributed by atoms with E-state index in [-0.39, 0.29) is 17.6 Å². The summed E-state index contributed by atoms with van der Waals surface area (Å²) in [5.74, 6) is -1.06. The Morgan fingerprint density at radius 2 is 1.50 bits per heavy atom. The lowest BCUT2D eigenvalue weighted by atomic mass is 10.1. The molecule has 24 heavy (non-hydrogen) atoms. The molecule has 0 radical (unpaired) electrons. The highest BCUT2D eigenvalue weighted by Gasteiger charge is 2.37. The molecule has 0 unspecified atom stereocenters. The molecule has 0 spiro atoms. The van der Waals surface area contributed by atoms with Crippen molar-refractivity contribution in [3.63, 3.8) is 0 Å². The maximum atomic E-state index is 12.7. The molecule has 0 aliphatic carbocycles. The third-order valence-corrected chi connectivity index (χ3v) is 4.76. The lowest BCUT2D eigenvalue weighted by Crippen LogP contribution is -2.35. The Balaban J connectivity index is 3.31. The van der Waals surface area contributed by atoms with E-state index in [2.05, 4.69) is 12.2 Å². The minimum Gasteiger partial charge on any atom is -0.392 e. The van der Waals surface area contributed by atoms with E-state index in [4.69, 9.17) is 5.73 Å².